The summed E-state index contributed by atoms with van der Waals surface area (Å²) in [6, 6.07) is 14.1. The van der Waals surface area contributed by atoms with Crippen LogP contribution in [0.15, 0.2) is 63.8 Å². The Labute approximate surface area is 130 Å². The lowest BCUT2D eigenvalue weighted by atomic mass is 10.2. The normalized spacial score (nSPS) is 10.4. The number of amides is 1. The molecule has 0 spiro atoms. The van der Waals surface area contributed by atoms with Gasteiger partial charge in [0, 0.05) is 23.2 Å². The molecule has 3 aromatic rings. The van der Waals surface area contributed by atoms with Crippen LogP contribution in [0.4, 0.5) is 5.69 Å². The first-order chi connectivity index (χ1) is 11.1. The molecule has 1 aromatic heterocycles. The van der Waals surface area contributed by atoms with E-state index < -0.39 is 5.63 Å². The summed E-state index contributed by atoms with van der Waals surface area (Å²) >= 11 is 0. The summed E-state index contributed by atoms with van der Waals surface area (Å²) < 4.78 is 10.3. The van der Waals surface area contributed by atoms with Crippen LogP contribution in [-0.4, -0.2) is 17.6 Å². The van der Waals surface area contributed by atoms with Gasteiger partial charge in [0.15, 0.2) is 6.61 Å². The second kappa shape index (κ2) is 6.23. The molecule has 0 radical (unpaired) electrons. The molecule has 6 heteroatoms. The largest absolute Gasteiger partial charge is 0.508 e. The monoisotopic (exact) mass is 311 g/mol. The molecule has 2 aromatic carbocycles. The van der Waals surface area contributed by atoms with Crippen LogP contribution >= 0.6 is 0 Å². The number of carbonyl (C=O) groups excluding carboxylic acids is 1. The zero-order valence-corrected chi connectivity index (χ0v) is 12.0. The van der Waals surface area contributed by atoms with Crippen molar-refractivity contribution in [3.05, 3.63) is 65.0 Å². The van der Waals surface area contributed by atoms with E-state index in [2.05, 4.69) is 5.32 Å². The van der Waals surface area contributed by atoms with Crippen molar-refractivity contribution in [3.8, 4) is 11.5 Å². The molecule has 6 nitrogen and oxygen atoms in total. The SMILES string of the molecule is O=C(COc1cccc(O)c1)Nc1ccc2oc(=O)ccc2c1. The van der Waals surface area contributed by atoms with Crippen molar-refractivity contribution in [1.82, 2.24) is 0 Å². The van der Waals surface area contributed by atoms with E-state index in [1.165, 1.54) is 18.2 Å². The Morgan fingerprint density at radius 2 is 2.00 bits per heavy atom. The Bertz CT molecular complexity index is 916. The third kappa shape index (κ3) is 3.68. The molecule has 0 fully saturated rings. The Morgan fingerprint density at radius 3 is 2.83 bits per heavy atom. The Kier molecular flexibility index (Phi) is 3.97. The van der Waals surface area contributed by atoms with E-state index in [1.807, 2.05) is 0 Å². The molecule has 0 bridgehead atoms. The number of aromatic hydroxyl groups is 1. The number of anilines is 1. The predicted molar refractivity (Wildman–Crippen MR) is 84.7 cm³/mol. The first-order valence-corrected chi connectivity index (χ1v) is 6.86. The minimum atomic E-state index is -0.422. The minimum absolute atomic E-state index is 0.0685. The number of phenols is 1. The fourth-order valence-corrected chi connectivity index (χ4v) is 2.07. The highest BCUT2D eigenvalue weighted by Gasteiger charge is 2.06. The number of ether oxygens (including phenoxy) is 1. The number of benzene rings is 2. The third-order valence-electron chi connectivity index (χ3n) is 3.09. The highest BCUT2D eigenvalue weighted by Crippen LogP contribution is 2.19. The van der Waals surface area contributed by atoms with Gasteiger partial charge in [-0.05, 0) is 36.4 Å². The van der Waals surface area contributed by atoms with E-state index in [0.29, 0.717) is 22.4 Å². The van der Waals surface area contributed by atoms with Crippen molar-refractivity contribution < 1.29 is 19.1 Å². The number of hydrogen-bond donors (Lipinski definition) is 2. The lowest BCUT2D eigenvalue weighted by Gasteiger charge is -2.08. The Hall–Kier alpha value is -3.28. The molecule has 23 heavy (non-hydrogen) atoms. The number of carbonyl (C=O) groups is 1. The highest BCUT2D eigenvalue weighted by atomic mass is 16.5. The van der Waals surface area contributed by atoms with Gasteiger partial charge in [0.1, 0.15) is 17.1 Å². The number of phenolic OH excluding ortho intramolecular Hbond substituents is 1. The Morgan fingerprint density at radius 1 is 1.13 bits per heavy atom. The van der Waals surface area contributed by atoms with Gasteiger partial charge in [-0.1, -0.05) is 6.07 Å². The maximum Gasteiger partial charge on any atom is 0.336 e. The summed E-state index contributed by atoms with van der Waals surface area (Å²) in [5.41, 5.74) is 0.594. The zero-order chi connectivity index (χ0) is 16.2. The summed E-state index contributed by atoms with van der Waals surface area (Å²) in [5.74, 6) is 0.129. The fourth-order valence-electron chi connectivity index (χ4n) is 2.07. The molecule has 3 rings (SSSR count). The van der Waals surface area contributed by atoms with Crippen LogP contribution in [0.5, 0.6) is 11.5 Å². The first kappa shape index (κ1) is 14.6. The number of rotatable bonds is 4. The van der Waals surface area contributed by atoms with Crippen LogP contribution < -0.4 is 15.7 Å². The summed E-state index contributed by atoms with van der Waals surface area (Å²) in [6.45, 7) is -0.189. The molecule has 1 amide bonds. The molecule has 0 atom stereocenters. The molecule has 0 aliphatic carbocycles. The molecule has 0 aliphatic rings. The summed E-state index contributed by atoms with van der Waals surface area (Å²) in [6.07, 6.45) is 0. The third-order valence-corrected chi connectivity index (χ3v) is 3.09. The standard InChI is InChI=1S/C17H13NO5/c19-13-2-1-3-14(9-13)22-10-16(20)18-12-5-6-15-11(8-12)4-7-17(21)23-15/h1-9,19H,10H2,(H,18,20). The number of fused-ring (bicyclic) bond motifs is 1. The van der Waals surface area contributed by atoms with E-state index in [1.54, 1.807) is 36.4 Å². The molecular formula is C17H13NO5. The minimum Gasteiger partial charge on any atom is -0.508 e. The van der Waals surface area contributed by atoms with Crippen LogP contribution in [0.25, 0.3) is 11.0 Å². The fraction of sp³-hybridized carbons (Fsp3) is 0.0588. The van der Waals surface area contributed by atoms with Crippen LogP contribution in [-0.2, 0) is 4.79 Å². The molecule has 0 saturated carbocycles. The van der Waals surface area contributed by atoms with E-state index in [-0.39, 0.29) is 18.3 Å². The smallest absolute Gasteiger partial charge is 0.336 e. The second-order valence-electron chi connectivity index (χ2n) is 4.84. The zero-order valence-electron chi connectivity index (χ0n) is 12.0. The Balaban J connectivity index is 1.65. The summed E-state index contributed by atoms with van der Waals surface area (Å²) in [5, 5.41) is 12.7. The van der Waals surface area contributed by atoms with Crippen molar-refractivity contribution in [2.24, 2.45) is 0 Å². The molecule has 2 N–H and O–H groups in total. The van der Waals surface area contributed by atoms with E-state index in [4.69, 9.17) is 9.15 Å². The van der Waals surface area contributed by atoms with Gasteiger partial charge < -0.3 is 19.6 Å². The van der Waals surface area contributed by atoms with E-state index >= 15 is 0 Å². The van der Waals surface area contributed by atoms with Crippen molar-refractivity contribution in [2.75, 3.05) is 11.9 Å². The van der Waals surface area contributed by atoms with Crippen molar-refractivity contribution >= 4 is 22.6 Å². The quantitative estimate of drug-likeness (QED) is 0.723. The summed E-state index contributed by atoms with van der Waals surface area (Å²) in [7, 11) is 0. The molecule has 0 aliphatic heterocycles. The van der Waals surface area contributed by atoms with Crippen LogP contribution in [0.3, 0.4) is 0 Å². The lowest BCUT2D eigenvalue weighted by molar-refractivity contribution is -0.118. The van der Waals surface area contributed by atoms with Gasteiger partial charge in [0.05, 0.1) is 0 Å². The van der Waals surface area contributed by atoms with Crippen LogP contribution in [0.2, 0.25) is 0 Å². The maximum atomic E-state index is 11.9. The average molecular weight is 311 g/mol. The topological polar surface area (TPSA) is 88.8 Å². The van der Waals surface area contributed by atoms with Gasteiger partial charge in [0.2, 0.25) is 0 Å². The highest BCUT2D eigenvalue weighted by molar-refractivity contribution is 5.94. The lowest BCUT2D eigenvalue weighted by Crippen LogP contribution is -2.20. The van der Waals surface area contributed by atoms with Crippen molar-refractivity contribution in [2.45, 2.75) is 0 Å². The van der Waals surface area contributed by atoms with Gasteiger partial charge >= 0.3 is 5.63 Å². The molecule has 1 heterocycles. The van der Waals surface area contributed by atoms with Crippen LogP contribution in [0, 0.1) is 0 Å². The van der Waals surface area contributed by atoms with E-state index in [0.717, 1.165) is 0 Å². The van der Waals surface area contributed by atoms with Gasteiger partial charge in [-0.15, -0.1) is 0 Å². The average Bonchev–Trinajstić information content (AvgIpc) is 2.53. The number of nitrogens with one attached hydrogen (secondary N) is 1. The van der Waals surface area contributed by atoms with Crippen molar-refractivity contribution in [1.29, 1.82) is 0 Å². The van der Waals surface area contributed by atoms with E-state index in [9.17, 15) is 14.7 Å². The second-order valence-corrected chi connectivity index (χ2v) is 4.84. The number of hydrogen-bond acceptors (Lipinski definition) is 5. The summed E-state index contributed by atoms with van der Waals surface area (Å²) in [4.78, 5) is 23.0. The van der Waals surface area contributed by atoms with Gasteiger partial charge in [-0.2, -0.15) is 0 Å². The van der Waals surface area contributed by atoms with Crippen LogP contribution in [0.1, 0.15) is 0 Å². The van der Waals surface area contributed by atoms with Gasteiger partial charge in [-0.25, -0.2) is 4.79 Å². The molecule has 0 unspecified atom stereocenters. The van der Waals surface area contributed by atoms with Gasteiger partial charge in [0.25, 0.3) is 5.91 Å². The maximum absolute atomic E-state index is 11.9. The molecule has 116 valence electrons. The van der Waals surface area contributed by atoms with Crippen molar-refractivity contribution in [3.63, 3.8) is 0 Å². The predicted octanol–water partition coefficient (Wildman–Crippen LogP) is 2.52. The first-order valence-electron chi connectivity index (χ1n) is 6.86. The molecule has 0 saturated heterocycles. The molecular weight excluding hydrogens is 298 g/mol. The van der Waals surface area contributed by atoms with Gasteiger partial charge in [-0.3, -0.25) is 4.79 Å².